The van der Waals surface area contributed by atoms with Crippen LogP contribution in [0.1, 0.15) is 36.7 Å². The fraction of sp³-hybridized carbons (Fsp3) is 0.261. The molecule has 0 heterocycles. The SMILES string of the molecule is CCOC(=O)C(NC(=O)/C(=C\c1ccc(F)cc1)NC(=O)c1ccccc1)C(C)C. The first-order chi connectivity index (χ1) is 14.3. The number of ether oxygens (including phenoxy) is 1. The fourth-order valence-corrected chi connectivity index (χ4v) is 2.62. The number of carbonyl (C=O) groups excluding carboxylic acids is 3. The predicted molar refractivity (Wildman–Crippen MR) is 112 cm³/mol. The number of hydrogen-bond donors (Lipinski definition) is 2. The van der Waals surface area contributed by atoms with Crippen molar-refractivity contribution in [2.75, 3.05) is 6.61 Å². The summed E-state index contributed by atoms with van der Waals surface area (Å²) < 4.78 is 18.2. The van der Waals surface area contributed by atoms with E-state index in [0.29, 0.717) is 11.1 Å². The number of rotatable bonds is 8. The van der Waals surface area contributed by atoms with Gasteiger partial charge in [-0.15, -0.1) is 0 Å². The summed E-state index contributed by atoms with van der Waals surface area (Å²) in [5.41, 5.74) is 0.790. The first-order valence-corrected chi connectivity index (χ1v) is 9.63. The van der Waals surface area contributed by atoms with Crippen LogP contribution in [0, 0.1) is 11.7 Å². The van der Waals surface area contributed by atoms with Gasteiger partial charge in [0.25, 0.3) is 11.8 Å². The molecule has 2 N–H and O–H groups in total. The van der Waals surface area contributed by atoms with Gasteiger partial charge in [0.05, 0.1) is 6.61 Å². The molecule has 2 rings (SSSR count). The van der Waals surface area contributed by atoms with Gasteiger partial charge in [-0.2, -0.15) is 0 Å². The smallest absolute Gasteiger partial charge is 0.328 e. The molecule has 0 saturated carbocycles. The van der Waals surface area contributed by atoms with Crippen LogP contribution in [0.4, 0.5) is 4.39 Å². The topological polar surface area (TPSA) is 84.5 Å². The number of hydrogen-bond acceptors (Lipinski definition) is 4. The van der Waals surface area contributed by atoms with E-state index in [1.54, 1.807) is 51.1 Å². The van der Waals surface area contributed by atoms with Crippen LogP contribution in [0.15, 0.2) is 60.3 Å². The lowest BCUT2D eigenvalue weighted by atomic mass is 10.0. The Kier molecular flexibility index (Phi) is 8.29. The van der Waals surface area contributed by atoms with Crippen LogP contribution in [-0.4, -0.2) is 30.4 Å². The molecule has 0 spiro atoms. The molecule has 1 atom stereocenters. The molecule has 0 saturated heterocycles. The van der Waals surface area contributed by atoms with E-state index in [1.807, 2.05) is 0 Å². The van der Waals surface area contributed by atoms with Gasteiger partial charge in [0.1, 0.15) is 17.6 Å². The number of nitrogens with one attached hydrogen (secondary N) is 2. The third-order valence-electron chi connectivity index (χ3n) is 4.20. The molecule has 7 heteroatoms. The highest BCUT2D eigenvalue weighted by Crippen LogP contribution is 2.11. The highest BCUT2D eigenvalue weighted by molar-refractivity contribution is 6.06. The van der Waals surface area contributed by atoms with Gasteiger partial charge in [0.2, 0.25) is 0 Å². The Morgan fingerprint density at radius 1 is 1.03 bits per heavy atom. The summed E-state index contributed by atoms with van der Waals surface area (Å²) in [4.78, 5) is 37.7. The molecule has 1 unspecified atom stereocenters. The largest absolute Gasteiger partial charge is 0.464 e. The number of amides is 2. The molecule has 6 nitrogen and oxygen atoms in total. The van der Waals surface area contributed by atoms with Gasteiger partial charge < -0.3 is 15.4 Å². The zero-order chi connectivity index (χ0) is 22.1. The van der Waals surface area contributed by atoms with Crippen molar-refractivity contribution in [3.05, 3.63) is 77.2 Å². The summed E-state index contributed by atoms with van der Waals surface area (Å²) in [6.45, 7) is 5.40. The van der Waals surface area contributed by atoms with E-state index in [2.05, 4.69) is 10.6 Å². The first kappa shape index (κ1) is 22.8. The highest BCUT2D eigenvalue weighted by Gasteiger charge is 2.27. The molecule has 0 aliphatic carbocycles. The molecule has 2 aromatic carbocycles. The maximum atomic E-state index is 13.2. The second-order valence-corrected chi connectivity index (χ2v) is 6.88. The normalized spacial score (nSPS) is 12.2. The molecule has 2 amide bonds. The maximum Gasteiger partial charge on any atom is 0.328 e. The predicted octanol–water partition coefficient (Wildman–Crippen LogP) is 3.30. The molecule has 0 aliphatic heterocycles. The standard InChI is InChI=1S/C23H25FN2O4/c1-4-30-23(29)20(15(2)3)26-22(28)19(14-16-10-12-18(24)13-11-16)25-21(27)17-8-6-5-7-9-17/h5-15,20H,4H2,1-3H3,(H,25,27)(H,26,28)/b19-14+. The Morgan fingerprint density at radius 3 is 2.23 bits per heavy atom. The molecule has 0 aromatic heterocycles. The molecular formula is C23H25FN2O4. The van der Waals surface area contributed by atoms with E-state index >= 15 is 0 Å². The Bertz CT molecular complexity index is 909. The quantitative estimate of drug-likeness (QED) is 0.515. The van der Waals surface area contributed by atoms with Gasteiger partial charge in [-0.1, -0.05) is 44.2 Å². The van der Waals surface area contributed by atoms with Crippen LogP contribution in [-0.2, 0) is 14.3 Å². The van der Waals surface area contributed by atoms with E-state index in [0.717, 1.165) is 0 Å². The van der Waals surface area contributed by atoms with Crippen molar-refractivity contribution in [3.63, 3.8) is 0 Å². The van der Waals surface area contributed by atoms with Gasteiger partial charge in [-0.3, -0.25) is 9.59 Å². The zero-order valence-corrected chi connectivity index (χ0v) is 17.1. The van der Waals surface area contributed by atoms with Crippen LogP contribution in [0.2, 0.25) is 0 Å². The average molecular weight is 412 g/mol. The van der Waals surface area contributed by atoms with Gasteiger partial charge >= 0.3 is 5.97 Å². The second kappa shape index (κ2) is 10.9. The molecule has 30 heavy (non-hydrogen) atoms. The van der Waals surface area contributed by atoms with Crippen LogP contribution in [0.25, 0.3) is 6.08 Å². The van der Waals surface area contributed by atoms with E-state index in [9.17, 15) is 18.8 Å². The molecule has 0 fully saturated rings. The number of carbonyl (C=O) groups is 3. The van der Waals surface area contributed by atoms with E-state index in [4.69, 9.17) is 4.74 Å². The van der Waals surface area contributed by atoms with Crippen molar-refractivity contribution in [2.24, 2.45) is 5.92 Å². The molecular weight excluding hydrogens is 387 g/mol. The Morgan fingerprint density at radius 2 is 1.67 bits per heavy atom. The van der Waals surface area contributed by atoms with E-state index < -0.39 is 29.6 Å². The van der Waals surface area contributed by atoms with Crippen molar-refractivity contribution in [1.82, 2.24) is 10.6 Å². The van der Waals surface area contributed by atoms with E-state index in [1.165, 1.54) is 30.3 Å². The summed E-state index contributed by atoms with van der Waals surface area (Å²) in [6, 6.07) is 12.9. The Labute approximate surface area is 175 Å². The van der Waals surface area contributed by atoms with Crippen molar-refractivity contribution in [3.8, 4) is 0 Å². The van der Waals surface area contributed by atoms with Gasteiger partial charge in [0, 0.05) is 5.56 Å². The number of benzene rings is 2. The Balaban J connectivity index is 2.31. The van der Waals surface area contributed by atoms with Crippen LogP contribution in [0.5, 0.6) is 0 Å². The van der Waals surface area contributed by atoms with Crippen molar-refractivity contribution < 1.29 is 23.5 Å². The maximum absolute atomic E-state index is 13.2. The fourth-order valence-electron chi connectivity index (χ4n) is 2.62. The molecule has 0 radical (unpaired) electrons. The molecule has 0 aliphatic rings. The molecule has 158 valence electrons. The average Bonchev–Trinajstić information content (AvgIpc) is 2.73. The molecule has 0 bridgehead atoms. The lowest BCUT2D eigenvalue weighted by Gasteiger charge is -2.21. The summed E-state index contributed by atoms with van der Waals surface area (Å²) in [5, 5.41) is 5.19. The van der Waals surface area contributed by atoms with E-state index in [-0.39, 0.29) is 18.2 Å². The van der Waals surface area contributed by atoms with Gasteiger partial charge in [-0.25, -0.2) is 9.18 Å². The molecule has 2 aromatic rings. The summed E-state index contributed by atoms with van der Waals surface area (Å²) >= 11 is 0. The monoisotopic (exact) mass is 412 g/mol. The zero-order valence-electron chi connectivity index (χ0n) is 17.1. The summed E-state index contributed by atoms with van der Waals surface area (Å²) in [6.07, 6.45) is 1.41. The van der Waals surface area contributed by atoms with Crippen LogP contribution in [0.3, 0.4) is 0 Å². The number of esters is 1. The minimum Gasteiger partial charge on any atom is -0.464 e. The number of halogens is 1. The third-order valence-corrected chi connectivity index (χ3v) is 4.20. The van der Waals surface area contributed by atoms with Crippen LogP contribution < -0.4 is 10.6 Å². The first-order valence-electron chi connectivity index (χ1n) is 9.63. The van der Waals surface area contributed by atoms with Crippen LogP contribution >= 0.6 is 0 Å². The van der Waals surface area contributed by atoms with Crippen molar-refractivity contribution in [2.45, 2.75) is 26.8 Å². The Hall–Kier alpha value is -3.48. The van der Waals surface area contributed by atoms with Crippen molar-refractivity contribution in [1.29, 1.82) is 0 Å². The van der Waals surface area contributed by atoms with Gasteiger partial charge in [0.15, 0.2) is 0 Å². The second-order valence-electron chi connectivity index (χ2n) is 6.88. The van der Waals surface area contributed by atoms with Crippen molar-refractivity contribution >= 4 is 23.9 Å². The minimum atomic E-state index is -0.886. The summed E-state index contributed by atoms with van der Waals surface area (Å²) in [7, 11) is 0. The third kappa shape index (κ3) is 6.55. The lowest BCUT2D eigenvalue weighted by Crippen LogP contribution is -2.47. The summed E-state index contributed by atoms with van der Waals surface area (Å²) in [5.74, 6) is -2.36. The van der Waals surface area contributed by atoms with Gasteiger partial charge in [-0.05, 0) is 48.7 Å². The highest BCUT2D eigenvalue weighted by atomic mass is 19.1. The minimum absolute atomic E-state index is 0.0783. The lowest BCUT2D eigenvalue weighted by molar-refractivity contribution is -0.148.